The molecule has 3 heterocycles. The second-order valence-electron chi connectivity index (χ2n) is 4.89. The highest BCUT2D eigenvalue weighted by molar-refractivity contribution is 7.99. The molecule has 0 aliphatic carbocycles. The number of aliphatic carboxylic acids is 1. The zero-order valence-electron chi connectivity index (χ0n) is 9.93. The molecule has 2 unspecified atom stereocenters. The van der Waals surface area contributed by atoms with Crippen LogP contribution in [0.25, 0.3) is 0 Å². The van der Waals surface area contributed by atoms with Crippen molar-refractivity contribution in [1.82, 2.24) is 9.55 Å². The molecular weight excluding hydrogens is 272 g/mol. The normalized spacial score (nSPS) is 27.2. The van der Waals surface area contributed by atoms with Crippen LogP contribution in [0.4, 0.5) is 0 Å². The SMILES string of the molecule is O=C(O)C1CCCn2c(C3CCSC3)nc(Cl)c21. The quantitative estimate of drug-likeness (QED) is 0.908. The van der Waals surface area contributed by atoms with Gasteiger partial charge in [-0.2, -0.15) is 11.8 Å². The van der Waals surface area contributed by atoms with Crippen molar-refractivity contribution < 1.29 is 9.90 Å². The molecule has 0 spiro atoms. The summed E-state index contributed by atoms with van der Waals surface area (Å²) in [4.78, 5) is 15.8. The van der Waals surface area contributed by atoms with Gasteiger partial charge in [0.25, 0.3) is 0 Å². The third-order valence-electron chi connectivity index (χ3n) is 3.79. The molecule has 6 heteroatoms. The van der Waals surface area contributed by atoms with Crippen LogP contribution in [0, 0.1) is 0 Å². The summed E-state index contributed by atoms with van der Waals surface area (Å²) in [6, 6.07) is 0. The Morgan fingerprint density at radius 2 is 2.33 bits per heavy atom. The Balaban J connectivity index is 2.03. The lowest BCUT2D eigenvalue weighted by Crippen LogP contribution is -2.23. The van der Waals surface area contributed by atoms with Gasteiger partial charge in [0.2, 0.25) is 0 Å². The average molecular weight is 287 g/mol. The highest BCUT2D eigenvalue weighted by Crippen LogP contribution is 2.39. The van der Waals surface area contributed by atoms with E-state index in [1.54, 1.807) is 0 Å². The number of nitrogens with zero attached hydrogens (tertiary/aromatic N) is 2. The summed E-state index contributed by atoms with van der Waals surface area (Å²) in [5, 5.41) is 9.68. The second-order valence-corrected chi connectivity index (χ2v) is 6.40. The van der Waals surface area contributed by atoms with Crippen molar-refractivity contribution in [3.05, 3.63) is 16.7 Å². The van der Waals surface area contributed by atoms with Gasteiger partial charge in [0.1, 0.15) is 11.7 Å². The number of thioether (sulfide) groups is 1. The van der Waals surface area contributed by atoms with E-state index in [4.69, 9.17) is 11.6 Å². The molecule has 2 atom stereocenters. The minimum absolute atomic E-state index is 0.397. The fourth-order valence-electron chi connectivity index (χ4n) is 2.90. The highest BCUT2D eigenvalue weighted by Gasteiger charge is 2.34. The van der Waals surface area contributed by atoms with Gasteiger partial charge >= 0.3 is 5.97 Å². The van der Waals surface area contributed by atoms with E-state index >= 15 is 0 Å². The van der Waals surface area contributed by atoms with Crippen LogP contribution < -0.4 is 0 Å². The maximum absolute atomic E-state index is 11.3. The number of hydrogen-bond acceptors (Lipinski definition) is 3. The van der Waals surface area contributed by atoms with Gasteiger partial charge in [-0.3, -0.25) is 4.79 Å². The van der Waals surface area contributed by atoms with E-state index in [1.807, 2.05) is 11.8 Å². The van der Waals surface area contributed by atoms with Crippen molar-refractivity contribution in [1.29, 1.82) is 0 Å². The molecule has 4 nitrogen and oxygen atoms in total. The Morgan fingerprint density at radius 3 is 3.00 bits per heavy atom. The van der Waals surface area contributed by atoms with Crippen LogP contribution in [0.15, 0.2) is 0 Å². The molecule has 0 amide bonds. The van der Waals surface area contributed by atoms with Gasteiger partial charge in [-0.05, 0) is 25.0 Å². The first-order chi connectivity index (χ1) is 8.68. The zero-order valence-corrected chi connectivity index (χ0v) is 11.5. The predicted octanol–water partition coefficient (Wildman–Crippen LogP) is 2.72. The Bertz CT molecular complexity index is 483. The summed E-state index contributed by atoms with van der Waals surface area (Å²) in [5.41, 5.74) is 0.724. The number of hydrogen-bond donors (Lipinski definition) is 1. The summed E-state index contributed by atoms with van der Waals surface area (Å²) in [5.74, 6) is 2.41. The van der Waals surface area contributed by atoms with Crippen LogP contribution >= 0.6 is 23.4 Å². The number of fused-ring (bicyclic) bond motifs is 1. The van der Waals surface area contributed by atoms with E-state index in [0.717, 1.165) is 42.4 Å². The van der Waals surface area contributed by atoms with Crippen LogP contribution in [0.3, 0.4) is 0 Å². The van der Waals surface area contributed by atoms with Gasteiger partial charge in [0.15, 0.2) is 5.15 Å². The average Bonchev–Trinajstić information content (AvgIpc) is 2.97. The largest absolute Gasteiger partial charge is 0.481 e. The first-order valence-corrected chi connectivity index (χ1v) is 7.78. The minimum Gasteiger partial charge on any atom is -0.481 e. The van der Waals surface area contributed by atoms with Crippen molar-refractivity contribution >= 4 is 29.3 Å². The highest BCUT2D eigenvalue weighted by atomic mass is 35.5. The second kappa shape index (κ2) is 4.78. The first kappa shape index (κ1) is 12.4. The molecule has 1 saturated heterocycles. The molecule has 1 aromatic rings. The Labute approximate surface area is 115 Å². The molecule has 3 rings (SSSR count). The smallest absolute Gasteiger partial charge is 0.312 e. The van der Waals surface area contributed by atoms with Gasteiger partial charge in [0, 0.05) is 18.2 Å². The maximum Gasteiger partial charge on any atom is 0.312 e. The molecule has 1 fully saturated rings. The lowest BCUT2D eigenvalue weighted by Gasteiger charge is -2.23. The maximum atomic E-state index is 11.3. The lowest BCUT2D eigenvalue weighted by atomic mass is 9.96. The predicted molar refractivity (Wildman–Crippen MR) is 71.5 cm³/mol. The number of carbonyl (C=O) groups is 1. The zero-order chi connectivity index (χ0) is 12.7. The fourth-order valence-corrected chi connectivity index (χ4v) is 4.44. The van der Waals surface area contributed by atoms with E-state index in [1.165, 1.54) is 0 Å². The fraction of sp³-hybridized carbons (Fsp3) is 0.667. The van der Waals surface area contributed by atoms with Crippen LogP contribution in [0.5, 0.6) is 0 Å². The molecule has 0 aromatic carbocycles. The number of imidazole rings is 1. The van der Waals surface area contributed by atoms with Gasteiger partial charge < -0.3 is 9.67 Å². The van der Waals surface area contributed by atoms with E-state index in [9.17, 15) is 9.90 Å². The van der Waals surface area contributed by atoms with Crippen molar-refractivity contribution in [2.45, 2.75) is 37.6 Å². The lowest BCUT2D eigenvalue weighted by molar-refractivity contribution is -0.139. The topological polar surface area (TPSA) is 55.1 Å². The molecule has 2 aliphatic heterocycles. The number of carboxylic acid groups (broad SMARTS) is 1. The van der Waals surface area contributed by atoms with E-state index in [2.05, 4.69) is 9.55 Å². The Kier molecular flexibility index (Phi) is 3.28. The molecule has 98 valence electrons. The summed E-state index contributed by atoms with van der Waals surface area (Å²) >= 11 is 8.11. The van der Waals surface area contributed by atoms with Crippen molar-refractivity contribution in [2.75, 3.05) is 11.5 Å². The molecule has 1 N–H and O–H groups in total. The molecular formula is C12H15ClN2O2S. The molecule has 0 radical (unpaired) electrons. The Hall–Kier alpha value is -0.680. The van der Waals surface area contributed by atoms with E-state index in [0.29, 0.717) is 17.5 Å². The molecule has 18 heavy (non-hydrogen) atoms. The summed E-state index contributed by atoms with van der Waals surface area (Å²) in [7, 11) is 0. The van der Waals surface area contributed by atoms with Gasteiger partial charge in [-0.1, -0.05) is 11.6 Å². The van der Waals surface area contributed by atoms with Gasteiger partial charge in [-0.15, -0.1) is 0 Å². The van der Waals surface area contributed by atoms with E-state index < -0.39 is 11.9 Å². The van der Waals surface area contributed by atoms with Crippen molar-refractivity contribution in [2.24, 2.45) is 0 Å². The van der Waals surface area contributed by atoms with Gasteiger partial charge in [-0.25, -0.2) is 4.98 Å². The number of rotatable bonds is 2. The number of halogens is 1. The van der Waals surface area contributed by atoms with Gasteiger partial charge in [0.05, 0.1) is 5.69 Å². The summed E-state index contributed by atoms with van der Waals surface area (Å²) in [6.07, 6.45) is 2.68. The van der Waals surface area contributed by atoms with Crippen LogP contribution in [-0.2, 0) is 11.3 Å². The van der Waals surface area contributed by atoms with Crippen molar-refractivity contribution in [3.63, 3.8) is 0 Å². The summed E-state index contributed by atoms with van der Waals surface area (Å²) < 4.78 is 2.07. The van der Waals surface area contributed by atoms with Crippen LogP contribution in [-0.4, -0.2) is 32.1 Å². The number of carboxylic acids is 1. The van der Waals surface area contributed by atoms with Crippen LogP contribution in [0.1, 0.15) is 42.6 Å². The third-order valence-corrected chi connectivity index (χ3v) is 5.23. The standard InChI is InChI=1S/C12H15ClN2O2S/c13-10-9-8(12(16)17)2-1-4-15(9)11(14-10)7-3-5-18-6-7/h7-8H,1-6H2,(H,16,17). The molecule has 2 aliphatic rings. The first-order valence-electron chi connectivity index (χ1n) is 6.25. The van der Waals surface area contributed by atoms with Crippen LogP contribution in [0.2, 0.25) is 5.15 Å². The molecule has 0 bridgehead atoms. The minimum atomic E-state index is -0.787. The Morgan fingerprint density at radius 1 is 1.50 bits per heavy atom. The van der Waals surface area contributed by atoms with E-state index in [-0.39, 0.29) is 0 Å². The molecule has 0 saturated carbocycles. The molecule has 1 aromatic heterocycles. The number of aromatic nitrogens is 2. The van der Waals surface area contributed by atoms with Crippen molar-refractivity contribution in [3.8, 4) is 0 Å². The summed E-state index contributed by atoms with van der Waals surface area (Å²) in [6.45, 7) is 0.856. The third kappa shape index (κ3) is 1.93. The monoisotopic (exact) mass is 286 g/mol.